The number of allylic oxidation sites excluding steroid dienone is 5. The normalized spacial score (nSPS) is 19.7. The Morgan fingerprint density at radius 1 is 0.529 bits per heavy atom. The van der Waals surface area contributed by atoms with E-state index >= 15 is 0 Å². The number of rotatable bonds is 48. The highest BCUT2D eigenvalue weighted by Crippen LogP contribution is 2.23. The van der Waals surface area contributed by atoms with Crippen LogP contribution in [0.15, 0.2) is 36.5 Å². The Hall–Kier alpha value is -2.12. The van der Waals surface area contributed by atoms with E-state index in [-0.39, 0.29) is 18.5 Å². The van der Waals surface area contributed by atoms with Gasteiger partial charge >= 0.3 is 5.97 Å². The van der Waals surface area contributed by atoms with Crippen molar-refractivity contribution < 1.29 is 49.3 Å². The molecule has 0 aromatic rings. The van der Waals surface area contributed by atoms with Gasteiger partial charge in [0, 0.05) is 12.8 Å². The minimum atomic E-state index is -1.58. The summed E-state index contributed by atoms with van der Waals surface area (Å²) in [5.74, 6) is -0.258. The van der Waals surface area contributed by atoms with Crippen LogP contribution < -0.4 is 5.32 Å². The molecule has 1 aliphatic rings. The maximum atomic E-state index is 13.0. The van der Waals surface area contributed by atoms with E-state index in [4.69, 9.17) is 14.2 Å². The van der Waals surface area contributed by atoms with Crippen molar-refractivity contribution in [2.24, 2.45) is 0 Å². The number of hydrogen-bond donors (Lipinski definition) is 6. The van der Waals surface area contributed by atoms with Gasteiger partial charge in [-0.2, -0.15) is 0 Å². The number of amides is 1. The van der Waals surface area contributed by atoms with Gasteiger partial charge < -0.3 is 45.1 Å². The molecule has 1 aliphatic heterocycles. The maximum absolute atomic E-state index is 13.0. The van der Waals surface area contributed by atoms with Crippen LogP contribution in [-0.4, -0.2) is 100 Å². The van der Waals surface area contributed by atoms with E-state index < -0.39 is 49.5 Å². The molecule has 7 unspecified atom stereocenters. The summed E-state index contributed by atoms with van der Waals surface area (Å²) in [5, 5.41) is 54.1. The van der Waals surface area contributed by atoms with Crippen molar-refractivity contribution in [3.63, 3.8) is 0 Å². The Balaban J connectivity index is 2.09. The molecule has 1 saturated heterocycles. The molecule has 0 spiro atoms. The molecule has 1 heterocycles. The molecule has 1 fully saturated rings. The lowest BCUT2D eigenvalue weighted by atomic mass is 9.99. The molecule has 0 aliphatic carbocycles. The molecule has 0 bridgehead atoms. The predicted octanol–water partition coefficient (Wildman–Crippen LogP) is 12.3. The van der Waals surface area contributed by atoms with Crippen LogP contribution >= 0.6 is 0 Å². The summed E-state index contributed by atoms with van der Waals surface area (Å²) in [5.41, 5.74) is 0. The fourth-order valence-electron chi connectivity index (χ4n) is 8.66. The Morgan fingerprint density at radius 2 is 0.941 bits per heavy atom. The minimum absolute atomic E-state index is 0.0479. The highest BCUT2D eigenvalue weighted by molar-refractivity contribution is 5.76. The first-order valence-corrected chi connectivity index (χ1v) is 28.3. The van der Waals surface area contributed by atoms with Gasteiger partial charge in [-0.05, 0) is 89.9 Å². The number of carbonyl (C=O) groups is 2. The highest BCUT2D eigenvalue weighted by atomic mass is 16.7. The first-order valence-electron chi connectivity index (χ1n) is 28.3. The molecule has 7 atom stereocenters. The summed E-state index contributed by atoms with van der Waals surface area (Å²) >= 11 is 0. The van der Waals surface area contributed by atoms with E-state index in [1.165, 1.54) is 128 Å². The van der Waals surface area contributed by atoms with E-state index in [1.54, 1.807) is 6.08 Å². The SMILES string of the molecule is CCCCCCCC/C=C\CCCCCCCCCCCC(=O)OCCCCC/C=C\CCCCCCCC(=O)NC(COC1OC(CO)C(O)C(O)C1O)C(O)/C=C/CCCCCCCCC. The van der Waals surface area contributed by atoms with E-state index in [2.05, 4.69) is 43.5 Å². The molecular formula is C57H105NO10. The van der Waals surface area contributed by atoms with Crippen molar-refractivity contribution in [3.8, 4) is 0 Å². The molecular weight excluding hydrogens is 859 g/mol. The number of ether oxygens (including phenoxy) is 3. The monoisotopic (exact) mass is 964 g/mol. The largest absolute Gasteiger partial charge is 0.466 e. The summed E-state index contributed by atoms with van der Waals surface area (Å²) < 4.78 is 16.6. The molecule has 0 radical (unpaired) electrons. The van der Waals surface area contributed by atoms with E-state index in [0.717, 1.165) is 96.3 Å². The van der Waals surface area contributed by atoms with Gasteiger partial charge in [-0.3, -0.25) is 9.59 Å². The quantitative estimate of drug-likeness (QED) is 0.0196. The molecule has 0 saturated carbocycles. The number of hydrogen-bond acceptors (Lipinski definition) is 10. The standard InChI is InChI=1S/C57H105NO10/c1-3-5-7-9-11-13-14-15-16-17-18-19-20-21-25-29-33-37-41-45-53(62)66-46-42-38-34-30-26-23-22-24-28-32-36-40-44-52(61)58-49(50(60)43-39-35-31-27-12-10-8-6-4-2)48-67-57-56(65)55(64)54(63)51(47-59)68-57/h15-16,23,26,39,43,49-51,54-57,59-60,63-65H,3-14,17-22,24-25,27-38,40-42,44-48H2,1-2H3,(H,58,61)/b16-15-,26-23-,43-39+. The Morgan fingerprint density at radius 3 is 1.41 bits per heavy atom. The zero-order valence-corrected chi connectivity index (χ0v) is 43.6. The smallest absolute Gasteiger partial charge is 0.305 e. The summed E-state index contributed by atoms with van der Waals surface area (Å²) in [4.78, 5) is 25.1. The lowest BCUT2D eigenvalue weighted by Gasteiger charge is -2.40. The fraction of sp³-hybridized carbons (Fsp3) is 0.860. The molecule has 6 N–H and O–H groups in total. The summed E-state index contributed by atoms with van der Waals surface area (Å²) in [6.45, 7) is 4.22. The third kappa shape index (κ3) is 36.8. The van der Waals surface area contributed by atoms with E-state index in [9.17, 15) is 35.1 Å². The average molecular weight is 964 g/mol. The number of esters is 1. The van der Waals surface area contributed by atoms with Gasteiger partial charge in [0.1, 0.15) is 24.4 Å². The van der Waals surface area contributed by atoms with Crippen molar-refractivity contribution in [3.05, 3.63) is 36.5 Å². The first-order chi connectivity index (χ1) is 33.2. The minimum Gasteiger partial charge on any atom is -0.466 e. The second-order valence-electron chi connectivity index (χ2n) is 19.6. The molecule has 1 amide bonds. The average Bonchev–Trinajstić information content (AvgIpc) is 3.33. The highest BCUT2D eigenvalue weighted by Gasteiger charge is 2.44. The van der Waals surface area contributed by atoms with Crippen molar-refractivity contribution >= 4 is 11.9 Å². The third-order valence-corrected chi connectivity index (χ3v) is 13.2. The third-order valence-electron chi connectivity index (χ3n) is 13.2. The van der Waals surface area contributed by atoms with Crippen LogP contribution in [0.25, 0.3) is 0 Å². The molecule has 0 aromatic carbocycles. The fourth-order valence-corrected chi connectivity index (χ4v) is 8.66. The number of aliphatic hydroxyl groups excluding tert-OH is 5. The van der Waals surface area contributed by atoms with E-state index in [0.29, 0.717) is 19.4 Å². The molecule has 11 heteroatoms. The van der Waals surface area contributed by atoms with Crippen LogP contribution in [0.1, 0.15) is 251 Å². The van der Waals surface area contributed by atoms with Crippen LogP contribution in [0, 0.1) is 0 Å². The van der Waals surface area contributed by atoms with Crippen LogP contribution in [0.3, 0.4) is 0 Å². The first kappa shape index (κ1) is 63.9. The summed E-state index contributed by atoms with van der Waals surface area (Å²) in [6.07, 6.45) is 46.7. The Bertz CT molecular complexity index is 1230. The topological polar surface area (TPSA) is 175 Å². The molecule has 68 heavy (non-hydrogen) atoms. The zero-order chi connectivity index (χ0) is 49.6. The van der Waals surface area contributed by atoms with Crippen molar-refractivity contribution in [2.75, 3.05) is 19.8 Å². The number of aliphatic hydroxyl groups is 5. The number of carbonyl (C=O) groups excluding carboxylic acids is 2. The number of nitrogens with one attached hydrogen (secondary N) is 1. The van der Waals surface area contributed by atoms with Crippen LogP contribution in [0.2, 0.25) is 0 Å². The second kappa shape index (κ2) is 47.2. The van der Waals surface area contributed by atoms with Gasteiger partial charge in [0.25, 0.3) is 0 Å². The van der Waals surface area contributed by atoms with Gasteiger partial charge in [-0.15, -0.1) is 0 Å². The second-order valence-corrected chi connectivity index (χ2v) is 19.6. The lowest BCUT2D eigenvalue weighted by Crippen LogP contribution is -2.60. The van der Waals surface area contributed by atoms with Crippen LogP contribution in [-0.2, 0) is 23.8 Å². The summed E-state index contributed by atoms with van der Waals surface area (Å²) in [7, 11) is 0. The van der Waals surface area contributed by atoms with Gasteiger partial charge in [-0.25, -0.2) is 0 Å². The Kier molecular flexibility index (Phi) is 44.4. The van der Waals surface area contributed by atoms with Crippen molar-refractivity contribution in [1.82, 2.24) is 5.32 Å². The molecule has 11 nitrogen and oxygen atoms in total. The van der Waals surface area contributed by atoms with Gasteiger partial charge in [0.15, 0.2) is 6.29 Å². The van der Waals surface area contributed by atoms with Gasteiger partial charge in [0.05, 0.1) is 32.0 Å². The van der Waals surface area contributed by atoms with Crippen molar-refractivity contribution in [2.45, 2.75) is 294 Å². The summed E-state index contributed by atoms with van der Waals surface area (Å²) in [6, 6.07) is -0.827. The van der Waals surface area contributed by atoms with Crippen molar-refractivity contribution in [1.29, 1.82) is 0 Å². The van der Waals surface area contributed by atoms with Crippen LogP contribution in [0.4, 0.5) is 0 Å². The van der Waals surface area contributed by atoms with Crippen LogP contribution in [0.5, 0.6) is 0 Å². The molecule has 1 rings (SSSR count). The van der Waals surface area contributed by atoms with Gasteiger partial charge in [0.2, 0.25) is 5.91 Å². The zero-order valence-electron chi connectivity index (χ0n) is 43.6. The lowest BCUT2D eigenvalue weighted by molar-refractivity contribution is -0.302. The maximum Gasteiger partial charge on any atom is 0.305 e. The Labute approximate surface area is 415 Å². The molecule has 398 valence electrons. The van der Waals surface area contributed by atoms with E-state index in [1.807, 2.05) is 6.08 Å². The van der Waals surface area contributed by atoms with Gasteiger partial charge in [-0.1, -0.05) is 185 Å². The predicted molar refractivity (Wildman–Crippen MR) is 278 cm³/mol. The molecule has 0 aromatic heterocycles. The number of unbranched alkanes of at least 4 members (excludes halogenated alkanes) is 30.